The predicted molar refractivity (Wildman–Crippen MR) is 79.5 cm³/mol. The summed E-state index contributed by atoms with van der Waals surface area (Å²) in [5.74, 6) is 1.23. The Bertz CT molecular complexity index is 445. The zero-order valence-corrected chi connectivity index (χ0v) is 12.6. The number of hydrogen-bond acceptors (Lipinski definition) is 3. The number of ether oxygens (including phenoxy) is 1. The van der Waals surface area contributed by atoms with E-state index in [9.17, 15) is 4.79 Å². The van der Waals surface area contributed by atoms with E-state index in [1.807, 2.05) is 18.2 Å². The van der Waals surface area contributed by atoms with Crippen LogP contribution in [0.2, 0.25) is 0 Å². The van der Waals surface area contributed by atoms with E-state index in [2.05, 4.69) is 26.6 Å². The lowest BCUT2D eigenvalue weighted by molar-refractivity contribution is -0.117. The number of amides is 1. The van der Waals surface area contributed by atoms with Gasteiger partial charge in [0.15, 0.2) is 0 Å². The first-order chi connectivity index (χ1) is 9.19. The van der Waals surface area contributed by atoms with Gasteiger partial charge in [-0.05, 0) is 59.9 Å². The second-order valence-corrected chi connectivity index (χ2v) is 5.66. The molecule has 0 bridgehead atoms. The van der Waals surface area contributed by atoms with Crippen molar-refractivity contribution >= 4 is 27.5 Å². The molecule has 1 heterocycles. The van der Waals surface area contributed by atoms with E-state index in [0.717, 1.165) is 41.8 Å². The molecule has 1 aromatic rings. The van der Waals surface area contributed by atoms with Crippen LogP contribution < -0.4 is 15.4 Å². The molecule has 1 aliphatic heterocycles. The third-order valence-electron chi connectivity index (χ3n) is 3.32. The molecule has 104 valence electrons. The molecular formula is C14H19BrN2O2. The van der Waals surface area contributed by atoms with Crippen LogP contribution in [0.15, 0.2) is 22.7 Å². The maximum absolute atomic E-state index is 12.0. The summed E-state index contributed by atoms with van der Waals surface area (Å²) in [4.78, 5) is 12.0. The summed E-state index contributed by atoms with van der Waals surface area (Å²) in [6.45, 7) is 2.01. The molecule has 1 saturated heterocycles. The second-order valence-electron chi connectivity index (χ2n) is 4.81. The van der Waals surface area contributed by atoms with Crippen molar-refractivity contribution in [3.8, 4) is 5.75 Å². The van der Waals surface area contributed by atoms with Crippen LogP contribution in [0.1, 0.15) is 19.3 Å². The first-order valence-corrected chi connectivity index (χ1v) is 7.32. The maximum atomic E-state index is 12.0. The van der Waals surface area contributed by atoms with Crippen molar-refractivity contribution < 1.29 is 9.53 Å². The van der Waals surface area contributed by atoms with E-state index < -0.39 is 0 Å². The molecule has 0 spiro atoms. The average molecular weight is 327 g/mol. The summed E-state index contributed by atoms with van der Waals surface area (Å²) in [7, 11) is 1.61. The number of carbonyl (C=O) groups is 1. The third kappa shape index (κ3) is 4.21. The summed E-state index contributed by atoms with van der Waals surface area (Å²) in [6.07, 6.45) is 2.84. The molecule has 0 aromatic heterocycles. The van der Waals surface area contributed by atoms with Gasteiger partial charge in [-0.3, -0.25) is 4.79 Å². The maximum Gasteiger partial charge on any atom is 0.224 e. The summed E-state index contributed by atoms with van der Waals surface area (Å²) < 4.78 is 6.02. The van der Waals surface area contributed by atoms with Gasteiger partial charge < -0.3 is 15.4 Å². The van der Waals surface area contributed by atoms with Gasteiger partial charge in [-0.25, -0.2) is 0 Å². The average Bonchev–Trinajstić information content (AvgIpc) is 2.42. The summed E-state index contributed by atoms with van der Waals surface area (Å²) in [5.41, 5.74) is 0.758. The molecule has 19 heavy (non-hydrogen) atoms. The Labute approximate surface area is 122 Å². The van der Waals surface area contributed by atoms with Gasteiger partial charge in [0.05, 0.1) is 12.8 Å². The molecule has 2 rings (SSSR count). The van der Waals surface area contributed by atoms with Gasteiger partial charge in [0.1, 0.15) is 5.75 Å². The number of methoxy groups -OCH3 is 1. The second kappa shape index (κ2) is 6.91. The van der Waals surface area contributed by atoms with Gasteiger partial charge in [0.2, 0.25) is 5.91 Å². The standard InChI is InChI=1S/C14H19BrN2O2/c1-19-11-4-5-12(15)13(8-11)17-14(18)7-10-3-2-6-16-9-10/h4-5,8,10,16H,2-3,6-7,9H2,1H3,(H,17,18). The number of anilines is 1. The molecule has 1 aliphatic rings. The first-order valence-electron chi connectivity index (χ1n) is 6.53. The number of benzene rings is 1. The highest BCUT2D eigenvalue weighted by Crippen LogP contribution is 2.27. The van der Waals surface area contributed by atoms with E-state index >= 15 is 0 Å². The molecule has 0 radical (unpaired) electrons. The van der Waals surface area contributed by atoms with Crippen molar-refractivity contribution in [2.24, 2.45) is 5.92 Å². The Morgan fingerprint density at radius 2 is 2.42 bits per heavy atom. The SMILES string of the molecule is COc1ccc(Br)c(NC(=O)CC2CCCNC2)c1. The monoisotopic (exact) mass is 326 g/mol. The summed E-state index contributed by atoms with van der Waals surface area (Å²) in [6, 6.07) is 5.54. The van der Waals surface area contributed by atoms with Crippen molar-refractivity contribution in [3.63, 3.8) is 0 Å². The van der Waals surface area contributed by atoms with Crippen LogP contribution in [-0.4, -0.2) is 26.1 Å². The van der Waals surface area contributed by atoms with Crippen molar-refractivity contribution in [2.75, 3.05) is 25.5 Å². The topological polar surface area (TPSA) is 50.4 Å². The van der Waals surface area contributed by atoms with Crippen LogP contribution in [-0.2, 0) is 4.79 Å². The fourth-order valence-electron chi connectivity index (χ4n) is 2.29. The minimum Gasteiger partial charge on any atom is -0.497 e. The summed E-state index contributed by atoms with van der Waals surface area (Å²) >= 11 is 3.43. The molecule has 1 amide bonds. The van der Waals surface area contributed by atoms with Crippen LogP contribution in [0.4, 0.5) is 5.69 Å². The zero-order chi connectivity index (χ0) is 13.7. The van der Waals surface area contributed by atoms with Crippen molar-refractivity contribution in [2.45, 2.75) is 19.3 Å². The molecule has 1 aromatic carbocycles. The predicted octanol–water partition coefficient (Wildman–Crippen LogP) is 2.79. The molecule has 2 N–H and O–H groups in total. The smallest absolute Gasteiger partial charge is 0.224 e. The lowest BCUT2D eigenvalue weighted by Crippen LogP contribution is -2.32. The van der Waals surface area contributed by atoms with Crippen molar-refractivity contribution in [1.29, 1.82) is 0 Å². The number of piperidine rings is 1. The Balaban J connectivity index is 1.94. The Hall–Kier alpha value is -1.07. The highest BCUT2D eigenvalue weighted by molar-refractivity contribution is 9.10. The molecule has 5 heteroatoms. The molecule has 4 nitrogen and oxygen atoms in total. The fraction of sp³-hybridized carbons (Fsp3) is 0.500. The zero-order valence-electron chi connectivity index (χ0n) is 11.0. The number of carbonyl (C=O) groups excluding carboxylic acids is 1. The normalized spacial score (nSPS) is 18.9. The fourth-order valence-corrected chi connectivity index (χ4v) is 2.63. The van der Waals surface area contributed by atoms with E-state index in [4.69, 9.17) is 4.74 Å². The Kier molecular flexibility index (Phi) is 5.22. The minimum absolute atomic E-state index is 0.0580. The Morgan fingerprint density at radius 1 is 1.58 bits per heavy atom. The number of hydrogen-bond donors (Lipinski definition) is 2. The molecule has 1 fully saturated rings. The molecule has 1 unspecified atom stereocenters. The van der Waals surface area contributed by atoms with Crippen molar-refractivity contribution in [1.82, 2.24) is 5.32 Å². The van der Waals surface area contributed by atoms with Gasteiger partial charge in [-0.15, -0.1) is 0 Å². The highest BCUT2D eigenvalue weighted by atomic mass is 79.9. The van der Waals surface area contributed by atoms with Crippen molar-refractivity contribution in [3.05, 3.63) is 22.7 Å². The number of nitrogens with one attached hydrogen (secondary N) is 2. The summed E-state index contributed by atoms with van der Waals surface area (Å²) in [5, 5.41) is 6.26. The molecule has 0 saturated carbocycles. The lowest BCUT2D eigenvalue weighted by atomic mass is 9.96. The van der Waals surface area contributed by atoms with E-state index in [1.165, 1.54) is 0 Å². The molecule has 0 aliphatic carbocycles. The molecule has 1 atom stereocenters. The van der Waals surface area contributed by atoms with Gasteiger partial charge in [0, 0.05) is 17.0 Å². The number of rotatable bonds is 4. The van der Waals surface area contributed by atoms with E-state index in [1.54, 1.807) is 7.11 Å². The quantitative estimate of drug-likeness (QED) is 0.894. The van der Waals surface area contributed by atoms with Gasteiger partial charge >= 0.3 is 0 Å². The van der Waals surface area contributed by atoms with E-state index in [-0.39, 0.29) is 5.91 Å². The third-order valence-corrected chi connectivity index (χ3v) is 4.01. The Morgan fingerprint density at radius 3 is 3.11 bits per heavy atom. The van der Waals surface area contributed by atoms with Gasteiger partial charge in [-0.2, -0.15) is 0 Å². The highest BCUT2D eigenvalue weighted by Gasteiger charge is 2.17. The van der Waals surface area contributed by atoms with Crippen LogP contribution >= 0.6 is 15.9 Å². The van der Waals surface area contributed by atoms with Crippen LogP contribution in [0, 0.1) is 5.92 Å². The first kappa shape index (κ1) is 14.3. The minimum atomic E-state index is 0.0580. The van der Waals surface area contributed by atoms with Gasteiger partial charge in [0.25, 0.3) is 0 Å². The van der Waals surface area contributed by atoms with Crippen LogP contribution in [0.25, 0.3) is 0 Å². The number of halogens is 1. The lowest BCUT2D eigenvalue weighted by Gasteiger charge is -2.22. The van der Waals surface area contributed by atoms with E-state index in [0.29, 0.717) is 12.3 Å². The van der Waals surface area contributed by atoms with Gasteiger partial charge in [-0.1, -0.05) is 0 Å². The molecular weight excluding hydrogens is 308 g/mol. The largest absolute Gasteiger partial charge is 0.497 e. The van der Waals surface area contributed by atoms with Crippen LogP contribution in [0.5, 0.6) is 5.75 Å². The van der Waals surface area contributed by atoms with Crippen LogP contribution in [0.3, 0.4) is 0 Å².